The molecule has 0 fully saturated rings. The minimum atomic E-state index is 0.241. The van der Waals surface area contributed by atoms with E-state index < -0.39 is 0 Å². The van der Waals surface area contributed by atoms with Gasteiger partial charge in [0.1, 0.15) is 10.8 Å². The summed E-state index contributed by atoms with van der Waals surface area (Å²) in [7, 11) is 0. The third-order valence-corrected chi connectivity index (χ3v) is 3.17. The summed E-state index contributed by atoms with van der Waals surface area (Å²) in [5, 5.41) is 6.47. The SMILES string of the molecule is CCC(Nc1ccc(N)nc1)c1nccs1. The summed E-state index contributed by atoms with van der Waals surface area (Å²) in [6, 6.07) is 3.96. The fourth-order valence-electron chi connectivity index (χ4n) is 1.44. The van der Waals surface area contributed by atoms with Gasteiger partial charge in [-0.3, -0.25) is 0 Å². The Balaban J connectivity index is 2.10. The van der Waals surface area contributed by atoms with E-state index in [0.29, 0.717) is 5.82 Å². The zero-order valence-corrected chi connectivity index (χ0v) is 9.87. The van der Waals surface area contributed by atoms with E-state index in [1.807, 2.05) is 17.6 Å². The number of nitrogens with zero attached hydrogens (tertiary/aromatic N) is 2. The van der Waals surface area contributed by atoms with Crippen LogP contribution in [0.3, 0.4) is 0 Å². The normalized spacial score (nSPS) is 12.3. The molecule has 5 heteroatoms. The molecule has 1 atom stereocenters. The van der Waals surface area contributed by atoms with E-state index >= 15 is 0 Å². The number of anilines is 2. The third kappa shape index (κ3) is 2.49. The summed E-state index contributed by atoms with van der Waals surface area (Å²) in [4.78, 5) is 8.36. The number of nitrogen functional groups attached to an aromatic ring is 1. The standard InChI is InChI=1S/C11H14N4S/c1-2-9(11-13-5-6-16-11)15-8-3-4-10(12)14-7-8/h3-7,9,15H,2H2,1H3,(H2,12,14). The van der Waals surface area contributed by atoms with Gasteiger partial charge in [0.25, 0.3) is 0 Å². The number of thiazole rings is 1. The van der Waals surface area contributed by atoms with Crippen molar-refractivity contribution in [3.63, 3.8) is 0 Å². The molecule has 0 aliphatic carbocycles. The lowest BCUT2D eigenvalue weighted by Crippen LogP contribution is -2.09. The number of hydrogen-bond acceptors (Lipinski definition) is 5. The zero-order chi connectivity index (χ0) is 11.4. The molecule has 16 heavy (non-hydrogen) atoms. The van der Waals surface area contributed by atoms with E-state index in [4.69, 9.17) is 5.73 Å². The highest BCUT2D eigenvalue weighted by Crippen LogP contribution is 2.23. The average molecular weight is 234 g/mol. The van der Waals surface area contributed by atoms with Gasteiger partial charge in [-0.1, -0.05) is 6.92 Å². The Kier molecular flexibility index (Phi) is 3.36. The fourth-order valence-corrected chi connectivity index (χ4v) is 2.21. The zero-order valence-electron chi connectivity index (χ0n) is 9.05. The lowest BCUT2D eigenvalue weighted by Gasteiger charge is -2.15. The molecule has 0 bridgehead atoms. The molecule has 84 valence electrons. The van der Waals surface area contributed by atoms with Crippen LogP contribution >= 0.6 is 11.3 Å². The van der Waals surface area contributed by atoms with E-state index in [2.05, 4.69) is 22.2 Å². The summed E-state index contributed by atoms with van der Waals surface area (Å²) in [5.74, 6) is 0.535. The van der Waals surface area contributed by atoms with Gasteiger partial charge < -0.3 is 11.1 Å². The van der Waals surface area contributed by atoms with Crippen molar-refractivity contribution in [1.82, 2.24) is 9.97 Å². The Hall–Kier alpha value is -1.62. The van der Waals surface area contributed by atoms with Gasteiger partial charge in [-0.05, 0) is 18.6 Å². The van der Waals surface area contributed by atoms with Gasteiger partial charge in [0.2, 0.25) is 0 Å². The maximum Gasteiger partial charge on any atom is 0.123 e. The summed E-state index contributed by atoms with van der Waals surface area (Å²) in [5.41, 5.74) is 6.50. The molecule has 2 heterocycles. The molecule has 0 spiro atoms. The number of nitrogens with one attached hydrogen (secondary N) is 1. The van der Waals surface area contributed by atoms with Crippen molar-refractivity contribution < 1.29 is 0 Å². The van der Waals surface area contributed by atoms with E-state index in [0.717, 1.165) is 17.1 Å². The van der Waals surface area contributed by atoms with Crippen molar-refractivity contribution in [3.8, 4) is 0 Å². The highest BCUT2D eigenvalue weighted by atomic mass is 32.1. The van der Waals surface area contributed by atoms with Crippen LogP contribution < -0.4 is 11.1 Å². The molecule has 1 unspecified atom stereocenters. The molecule has 4 nitrogen and oxygen atoms in total. The lowest BCUT2D eigenvalue weighted by atomic mass is 10.2. The van der Waals surface area contributed by atoms with Gasteiger partial charge in [0.05, 0.1) is 17.9 Å². The highest BCUT2D eigenvalue weighted by Gasteiger charge is 2.11. The maximum absolute atomic E-state index is 5.54. The first-order valence-electron chi connectivity index (χ1n) is 5.17. The molecule has 0 amide bonds. The van der Waals surface area contributed by atoms with E-state index in [1.165, 1.54) is 0 Å². The van der Waals surface area contributed by atoms with Gasteiger partial charge in [-0.2, -0.15) is 0 Å². The highest BCUT2D eigenvalue weighted by molar-refractivity contribution is 7.09. The topological polar surface area (TPSA) is 63.8 Å². The van der Waals surface area contributed by atoms with Crippen LogP contribution in [0, 0.1) is 0 Å². The molecule has 0 saturated carbocycles. The molecular weight excluding hydrogens is 220 g/mol. The number of nitrogens with two attached hydrogens (primary N) is 1. The quantitative estimate of drug-likeness (QED) is 0.853. The predicted octanol–water partition coefficient (Wildman–Crippen LogP) is 2.68. The number of aromatic nitrogens is 2. The second-order valence-electron chi connectivity index (χ2n) is 3.45. The van der Waals surface area contributed by atoms with Crippen LogP contribution in [0.25, 0.3) is 0 Å². The van der Waals surface area contributed by atoms with Crippen molar-refractivity contribution >= 4 is 22.8 Å². The van der Waals surface area contributed by atoms with Crippen molar-refractivity contribution in [2.75, 3.05) is 11.1 Å². The van der Waals surface area contributed by atoms with Gasteiger partial charge >= 0.3 is 0 Å². The number of rotatable bonds is 4. The maximum atomic E-state index is 5.54. The smallest absolute Gasteiger partial charge is 0.123 e. The Morgan fingerprint density at radius 2 is 2.31 bits per heavy atom. The second-order valence-corrected chi connectivity index (χ2v) is 4.37. The first-order chi connectivity index (χ1) is 7.79. The summed E-state index contributed by atoms with van der Waals surface area (Å²) in [6.45, 7) is 2.13. The molecule has 0 saturated heterocycles. The van der Waals surface area contributed by atoms with Gasteiger partial charge in [-0.25, -0.2) is 9.97 Å². The first kappa shape index (κ1) is 10.9. The van der Waals surface area contributed by atoms with E-state index in [-0.39, 0.29) is 6.04 Å². The predicted molar refractivity (Wildman–Crippen MR) is 67.4 cm³/mol. The van der Waals surface area contributed by atoms with Crippen LogP contribution in [-0.2, 0) is 0 Å². The van der Waals surface area contributed by atoms with Crippen molar-refractivity contribution in [1.29, 1.82) is 0 Å². The molecule has 0 aliphatic rings. The van der Waals surface area contributed by atoms with Crippen LogP contribution in [0.5, 0.6) is 0 Å². The molecule has 3 N–H and O–H groups in total. The van der Waals surface area contributed by atoms with Crippen LogP contribution in [-0.4, -0.2) is 9.97 Å². The largest absolute Gasteiger partial charge is 0.384 e. The Bertz CT molecular complexity index is 424. The lowest BCUT2D eigenvalue weighted by molar-refractivity contribution is 0.741. The second kappa shape index (κ2) is 4.94. The van der Waals surface area contributed by atoms with Gasteiger partial charge in [0, 0.05) is 11.6 Å². The number of hydrogen-bond donors (Lipinski definition) is 2. The minimum Gasteiger partial charge on any atom is -0.384 e. The van der Waals surface area contributed by atoms with E-state index in [9.17, 15) is 0 Å². The van der Waals surface area contributed by atoms with Crippen LogP contribution in [0.1, 0.15) is 24.4 Å². The molecule has 0 aliphatic heterocycles. The van der Waals surface area contributed by atoms with Crippen LogP contribution in [0.15, 0.2) is 29.9 Å². The van der Waals surface area contributed by atoms with Gasteiger partial charge in [0.15, 0.2) is 0 Å². The van der Waals surface area contributed by atoms with Crippen LogP contribution in [0.4, 0.5) is 11.5 Å². The summed E-state index contributed by atoms with van der Waals surface area (Å²) >= 11 is 1.66. The van der Waals surface area contributed by atoms with Crippen molar-refractivity contribution in [2.45, 2.75) is 19.4 Å². The van der Waals surface area contributed by atoms with Crippen LogP contribution in [0.2, 0.25) is 0 Å². The number of pyridine rings is 1. The fraction of sp³-hybridized carbons (Fsp3) is 0.273. The third-order valence-electron chi connectivity index (χ3n) is 2.29. The Morgan fingerprint density at radius 1 is 1.44 bits per heavy atom. The Morgan fingerprint density at radius 3 is 2.88 bits per heavy atom. The summed E-state index contributed by atoms with van der Waals surface area (Å²) < 4.78 is 0. The molecule has 2 rings (SSSR count). The van der Waals surface area contributed by atoms with E-state index in [1.54, 1.807) is 23.6 Å². The molecule has 0 radical (unpaired) electrons. The van der Waals surface area contributed by atoms with Crippen molar-refractivity contribution in [2.24, 2.45) is 0 Å². The van der Waals surface area contributed by atoms with Crippen molar-refractivity contribution in [3.05, 3.63) is 34.9 Å². The average Bonchev–Trinajstić information content (AvgIpc) is 2.82. The molecule has 2 aromatic heterocycles. The minimum absolute atomic E-state index is 0.241. The first-order valence-corrected chi connectivity index (χ1v) is 6.05. The summed E-state index contributed by atoms with van der Waals surface area (Å²) in [6.07, 6.45) is 4.55. The monoisotopic (exact) mass is 234 g/mol. The van der Waals surface area contributed by atoms with Gasteiger partial charge in [-0.15, -0.1) is 11.3 Å². The molecule has 2 aromatic rings. The Labute approximate surface area is 98.6 Å². The molecule has 0 aromatic carbocycles. The molecular formula is C11H14N4S.